The third-order valence-corrected chi connectivity index (χ3v) is 9.39. The molecule has 0 unspecified atom stereocenters. The molecule has 322 valence electrons. The summed E-state index contributed by atoms with van der Waals surface area (Å²) in [6.45, 7) is 5.61. The van der Waals surface area contributed by atoms with Gasteiger partial charge in [-0.25, -0.2) is 19.2 Å². The normalized spacial score (nSPS) is 10.6. The Hall–Kier alpha value is -6.44. The first-order valence-electron chi connectivity index (χ1n) is 20.4. The fraction of sp³-hybridized carbons (Fsp3) is 0.391. The summed E-state index contributed by atoms with van der Waals surface area (Å²) in [6, 6.07) is 26.2. The number of nitrogens with zero attached hydrogens (tertiary/aromatic N) is 2. The van der Waals surface area contributed by atoms with E-state index in [0.29, 0.717) is 49.2 Å². The highest BCUT2D eigenvalue weighted by atomic mass is 16.6. The second kappa shape index (κ2) is 24.5. The number of amides is 6. The minimum atomic E-state index is -0.530. The second-order valence-electron chi connectivity index (χ2n) is 14.8. The highest BCUT2D eigenvalue weighted by Gasteiger charge is 2.11. The molecule has 4 aromatic rings. The fourth-order valence-corrected chi connectivity index (χ4v) is 5.74. The van der Waals surface area contributed by atoms with Crippen molar-refractivity contribution in [3.8, 4) is 22.6 Å². The summed E-state index contributed by atoms with van der Waals surface area (Å²) in [7, 11) is 6.65. The second-order valence-corrected chi connectivity index (χ2v) is 14.8. The zero-order valence-corrected chi connectivity index (χ0v) is 35.7. The zero-order valence-electron chi connectivity index (χ0n) is 35.7. The van der Waals surface area contributed by atoms with Gasteiger partial charge in [0.25, 0.3) is 0 Å². The van der Waals surface area contributed by atoms with E-state index in [2.05, 4.69) is 21.3 Å². The van der Waals surface area contributed by atoms with Crippen LogP contribution in [0.25, 0.3) is 11.1 Å². The van der Waals surface area contributed by atoms with Gasteiger partial charge in [-0.3, -0.25) is 10.6 Å². The Morgan fingerprint density at radius 2 is 0.800 bits per heavy atom. The Labute approximate surface area is 353 Å². The lowest BCUT2D eigenvalue weighted by molar-refractivity contribution is 0.158. The third-order valence-electron chi connectivity index (χ3n) is 9.39. The Morgan fingerprint density at radius 1 is 0.450 bits per heavy atom. The molecule has 0 aliphatic carbocycles. The van der Waals surface area contributed by atoms with E-state index in [-0.39, 0.29) is 12.1 Å². The van der Waals surface area contributed by atoms with E-state index in [1.165, 1.54) is 9.80 Å². The number of unbranched alkanes of at least 4 members (excludes halogenated alkanes) is 6. The Balaban J connectivity index is 1.01. The summed E-state index contributed by atoms with van der Waals surface area (Å²) in [5.41, 5.74) is 6.28. The smallest absolute Gasteiger partial charge is 0.411 e. The molecule has 0 saturated carbocycles. The lowest BCUT2D eigenvalue weighted by Crippen LogP contribution is -2.27. The Bertz CT molecular complexity index is 1840. The van der Waals surface area contributed by atoms with Crippen molar-refractivity contribution in [1.29, 1.82) is 0 Å². The molecule has 14 heteroatoms. The first kappa shape index (κ1) is 46.3. The van der Waals surface area contributed by atoms with Gasteiger partial charge in [-0.05, 0) is 136 Å². The molecule has 4 N–H and O–H groups in total. The highest BCUT2D eigenvalue weighted by Crippen LogP contribution is 2.26. The van der Waals surface area contributed by atoms with Gasteiger partial charge in [0.1, 0.15) is 11.5 Å². The number of hydrogen-bond acceptors (Lipinski definition) is 8. The molecule has 60 heavy (non-hydrogen) atoms. The number of nitrogens with one attached hydrogen (secondary N) is 4. The van der Waals surface area contributed by atoms with E-state index in [1.807, 2.05) is 74.5 Å². The van der Waals surface area contributed by atoms with Crippen LogP contribution in [0.2, 0.25) is 0 Å². The molecule has 0 radical (unpaired) electrons. The molecule has 0 aliphatic heterocycles. The number of urea groups is 2. The summed E-state index contributed by atoms with van der Waals surface area (Å²) in [4.78, 5) is 51.4. The molecule has 14 nitrogen and oxygen atoms in total. The van der Waals surface area contributed by atoms with Crippen molar-refractivity contribution < 1.29 is 38.1 Å². The van der Waals surface area contributed by atoms with Gasteiger partial charge in [-0.15, -0.1) is 0 Å². The molecule has 0 atom stereocenters. The summed E-state index contributed by atoms with van der Waals surface area (Å²) in [5, 5.41) is 11.1. The van der Waals surface area contributed by atoms with Crippen LogP contribution in [-0.2, 0) is 9.47 Å². The summed E-state index contributed by atoms with van der Waals surface area (Å²) < 4.78 is 22.5. The maximum Gasteiger partial charge on any atom is 0.411 e. The van der Waals surface area contributed by atoms with E-state index in [9.17, 15) is 19.2 Å². The van der Waals surface area contributed by atoms with Crippen LogP contribution in [0, 0.1) is 13.8 Å². The van der Waals surface area contributed by atoms with Crippen LogP contribution in [0.4, 0.5) is 41.9 Å². The van der Waals surface area contributed by atoms with Gasteiger partial charge in [-0.1, -0.05) is 36.4 Å². The van der Waals surface area contributed by atoms with Gasteiger partial charge in [0.2, 0.25) is 0 Å². The third kappa shape index (κ3) is 16.4. The van der Waals surface area contributed by atoms with Gasteiger partial charge < -0.3 is 39.4 Å². The van der Waals surface area contributed by atoms with Crippen LogP contribution >= 0.6 is 0 Å². The van der Waals surface area contributed by atoms with Crippen LogP contribution in [0.1, 0.15) is 62.5 Å². The van der Waals surface area contributed by atoms with E-state index in [0.717, 1.165) is 85.1 Å². The molecular weight excluding hydrogens is 765 g/mol. The van der Waals surface area contributed by atoms with Gasteiger partial charge in [0.05, 0.1) is 26.4 Å². The van der Waals surface area contributed by atoms with Gasteiger partial charge in [0, 0.05) is 50.9 Å². The van der Waals surface area contributed by atoms with Crippen LogP contribution in [0.5, 0.6) is 11.5 Å². The molecule has 4 aromatic carbocycles. The molecule has 0 fully saturated rings. The van der Waals surface area contributed by atoms with Gasteiger partial charge >= 0.3 is 24.2 Å². The van der Waals surface area contributed by atoms with Crippen molar-refractivity contribution >= 4 is 47.0 Å². The van der Waals surface area contributed by atoms with Crippen molar-refractivity contribution in [3.05, 3.63) is 96.1 Å². The fourth-order valence-electron chi connectivity index (χ4n) is 5.74. The summed E-state index contributed by atoms with van der Waals surface area (Å²) in [6.07, 6.45) is 5.98. The molecule has 6 amide bonds. The first-order valence-corrected chi connectivity index (χ1v) is 20.4. The zero-order chi connectivity index (χ0) is 43.3. The lowest BCUT2D eigenvalue weighted by Gasteiger charge is -2.15. The maximum absolute atomic E-state index is 12.3. The number of anilines is 4. The number of aryl methyl sites for hydroxylation is 2. The standard InChI is InChI=1S/C46H60N6O8/c1-33-15-21-37(31-41(33)49-43(53)51(3)4)47-45(55)59-29-13-9-7-11-27-57-39-23-17-35(18-24-39)36-19-25-40(26-20-36)58-28-12-8-10-14-30-60-46(56)48-38-22-16-34(2)42(32-38)50-44(54)52(5)6/h15-26,31-32H,7-14,27-30H2,1-6H3,(H,47,55)(H,48,56)(H,49,53)(H,50,54). The SMILES string of the molecule is Cc1ccc(NC(=O)OCCCCCCOc2ccc(-c3ccc(OCCCCCCOC(=O)Nc4ccc(C)c(NC(=O)N(C)C)c4)cc3)cc2)cc1NC(=O)N(C)C. The molecule has 0 aliphatic rings. The van der Waals surface area contributed by atoms with E-state index in [1.54, 1.807) is 52.5 Å². The Kier molecular flexibility index (Phi) is 18.9. The van der Waals surface area contributed by atoms with Gasteiger partial charge in [-0.2, -0.15) is 0 Å². The minimum Gasteiger partial charge on any atom is -0.494 e. The quantitative estimate of drug-likeness (QED) is 0.0604. The summed E-state index contributed by atoms with van der Waals surface area (Å²) in [5.74, 6) is 1.64. The lowest BCUT2D eigenvalue weighted by atomic mass is 10.1. The number of ether oxygens (including phenoxy) is 4. The molecular formula is C46H60N6O8. The van der Waals surface area contributed by atoms with Crippen molar-refractivity contribution in [3.63, 3.8) is 0 Å². The van der Waals surface area contributed by atoms with Crippen LogP contribution in [0.15, 0.2) is 84.9 Å². The van der Waals surface area contributed by atoms with Crippen LogP contribution in [-0.4, -0.2) is 88.7 Å². The van der Waals surface area contributed by atoms with Gasteiger partial charge in [0.15, 0.2) is 0 Å². The minimum absolute atomic E-state index is 0.247. The number of rotatable bonds is 21. The van der Waals surface area contributed by atoms with Crippen molar-refractivity contribution in [2.75, 3.05) is 75.9 Å². The number of hydrogen-bond donors (Lipinski definition) is 4. The molecule has 0 bridgehead atoms. The van der Waals surface area contributed by atoms with Crippen LogP contribution in [0.3, 0.4) is 0 Å². The van der Waals surface area contributed by atoms with Crippen LogP contribution < -0.4 is 30.7 Å². The number of carbonyl (C=O) groups is 4. The molecule has 0 aromatic heterocycles. The average molecular weight is 825 g/mol. The first-order chi connectivity index (χ1) is 28.9. The molecule has 0 heterocycles. The monoisotopic (exact) mass is 824 g/mol. The number of carbonyl (C=O) groups excluding carboxylic acids is 4. The maximum atomic E-state index is 12.3. The average Bonchev–Trinajstić information content (AvgIpc) is 3.22. The van der Waals surface area contributed by atoms with E-state index < -0.39 is 12.2 Å². The molecule has 0 saturated heterocycles. The topological polar surface area (TPSA) is 160 Å². The number of benzene rings is 4. The van der Waals surface area contributed by atoms with E-state index in [4.69, 9.17) is 18.9 Å². The molecule has 0 spiro atoms. The summed E-state index contributed by atoms with van der Waals surface area (Å²) >= 11 is 0. The molecule has 4 rings (SSSR count). The van der Waals surface area contributed by atoms with Crippen molar-refractivity contribution in [1.82, 2.24) is 9.80 Å². The van der Waals surface area contributed by atoms with Crippen molar-refractivity contribution in [2.24, 2.45) is 0 Å². The largest absolute Gasteiger partial charge is 0.494 e. The van der Waals surface area contributed by atoms with Crippen molar-refractivity contribution in [2.45, 2.75) is 65.2 Å². The predicted molar refractivity (Wildman–Crippen MR) is 238 cm³/mol. The van der Waals surface area contributed by atoms with E-state index >= 15 is 0 Å². The predicted octanol–water partition coefficient (Wildman–Crippen LogP) is 10.5. The highest BCUT2D eigenvalue weighted by molar-refractivity contribution is 5.93. The Morgan fingerprint density at radius 3 is 1.15 bits per heavy atom.